The molecule has 0 unspecified atom stereocenters. The first kappa shape index (κ1) is 11.5. The van der Waals surface area contributed by atoms with Gasteiger partial charge < -0.3 is 0 Å². The zero-order chi connectivity index (χ0) is 12.3. The van der Waals surface area contributed by atoms with E-state index >= 15 is 0 Å². The van der Waals surface area contributed by atoms with Gasteiger partial charge in [-0.3, -0.25) is 9.78 Å². The molecule has 86 valence electrons. The third-order valence-corrected chi connectivity index (χ3v) is 2.79. The maximum atomic E-state index is 10.5. The largest absolute Gasteiger partial charge is 0.296 e. The summed E-state index contributed by atoms with van der Waals surface area (Å²) < 4.78 is 0. The van der Waals surface area contributed by atoms with E-state index in [1.807, 2.05) is 6.07 Å². The summed E-state index contributed by atoms with van der Waals surface area (Å²) in [5.41, 5.74) is 3.95. The van der Waals surface area contributed by atoms with Crippen molar-refractivity contribution in [3.05, 3.63) is 53.9 Å². The fourth-order valence-corrected chi connectivity index (χ4v) is 1.72. The normalized spacial score (nSPS) is 10.5. The van der Waals surface area contributed by atoms with Crippen molar-refractivity contribution in [1.82, 2.24) is 4.98 Å². The van der Waals surface area contributed by atoms with Gasteiger partial charge in [0, 0.05) is 11.8 Å². The van der Waals surface area contributed by atoms with Crippen LogP contribution in [-0.2, 0) is 0 Å². The summed E-state index contributed by atoms with van der Waals surface area (Å²) in [4.78, 5) is 14.6. The molecule has 0 N–H and O–H groups in total. The first-order valence-corrected chi connectivity index (χ1v) is 5.72. The van der Waals surface area contributed by atoms with E-state index in [9.17, 15) is 4.79 Å². The van der Waals surface area contributed by atoms with Gasteiger partial charge in [-0.05, 0) is 23.1 Å². The highest BCUT2D eigenvalue weighted by atomic mass is 16.1. The molecule has 0 aliphatic rings. The Hall–Kier alpha value is -1.96. The number of carbonyl (C=O) groups is 1. The van der Waals surface area contributed by atoms with Crippen molar-refractivity contribution in [2.45, 2.75) is 19.8 Å². The van der Waals surface area contributed by atoms with Gasteiger partial charge in [-0.15, -0.1) is 0 Å². The number of hydrogen-bond acceptors (Lipinski definition) is 2. The molecule has 0 saturated heterocycles. The SMILES string of the molecule is CC(C)c1cccc(-c2ccc(C=O)nc2)c1. The summed E-state index contributed by atoms with van der Waals surface area (Å²) in [5, 5.41) is 0. The highest BCUT2D eigenvalue weighted by Gasteiger charge is 2.02. The molecule has 0 atom stereocenters. The molecule has 0 amide bonds. The Balaban J connectivity index is 2.38. The molecule has 1 heterocycles. The lowest BCUT2D eigenvalue weighted by molar-refractivity contribution is 0.111. The fourth-order valence-electron chi connectivity index (χ4n) is 1.72. The van der Waals surface area contributed by atoms with Crippen molar-refractivity contribution in [1.29, 1.82) is 0 Å². The Bertz CT molecular complexity index is 515. The number of hydrogen-bond donors (Lipinski definition) is 0. The van der Waals surface area contributed by atoms with Gasteiger partial charge in [0.05, 0.1) is 0 Å². The lowest BCUT2D eigenvalue weighted by Gasteiger charge is -2.08. The van der Waals surface area contributed by atoms with Crippen LogP contribution in [0.2, 0.25) is 0 Å². The van der Waals surface area contributed by atoms with Crippen LogP contribution < -0.4 is 0 Å². The Morgan fingerprint density at radius 2 is 1.94 bits per heavy atom. The van der Waals surface area contributed by atoms with Crippen molar-refractivity contribution < 1.29 is 4.79 Å². The lowest BCUT2D eigenvalue weighted by atomic mass is 9.98. The molecule has 2 rings (SSSR count). The average Bonchev–Trinajstić information content (AvgIpc) is 2.39. The first-order valence-electron chi connectivity index (χ1n) is 5.72. The van der Waals surface area contributed by atoms with Crippen LogP contribution in [0, 0.1) is 0 Å². The topological polar surface area (TPSA) is 30.0 Å². The van der Waals surface area contributed by atoms with E-state index in [0.717, 1.165) is 17.4 Å². The number of aromatic nitrogens is 1. The number of aldehydes is 1. The van der Waals surface area contributed by atoms with Gasteiger partial charge in [0.15, 0.2) is 6.29 Å². The van der Waals surface area contributed by atoms with Crippen LogP contribution in [0.15, 0.2) is 42.6 Å². The van der Waals surface area contributed by atoms with Gasteiger partial charge in [0.25, 0.3) is 0 Å². The van der Waals surface area contributed by atoms with E-state index in [1.165, 1.54) is 5.56 Å². The summed E-state index contributed by atoms with van der Waals surface area (Å²) in [6, 6.07) is 12.1. The second-order valence-electron chi connectivity index (χ2n) is 4.37. The van der Waals surface area contributed by atoms with Crippen LogP contribution in [0.4, 0.5) is 0 Å². The van der Waals surface area contributed by atoms with Gasteiger partial charge in [-0.2, -0.15) is 0 Å². The molecule has 0 radical (unpaired) electrons. The van der Waals surface area contributed by atoms with Gasteiger partial charge in [0.2, 0.25) is 0 Å². The molecule has 0 fully saturated rings. The molecular weight excluding hydrogens is 210 g/mol. The maximum Gasteiger partial charge on any atom is 0.168 e. The van der Waals surface area contributed by atoms with Gasteiger partial charge in [-0.25, -0.2) is 0 Å². The van der Waals surface area contributed by atoms with Gasteiger partial charge in [-0.1, -0.05) is 44.2 Å². The Labute approximate surface area is 101 Å². The summed E-state index contributed by atoms with van der Waals surface area (Å²) in [5.74, 6) is 0.511. The maximum absolute atomic E-state index is 10.5. The van der Waals surface area contributed by atoms with Crippen LogP contribution in [0.3, 0.4) is 0 Å². The molecule has 0 saturated carbocycles. The lowest BCUT2D eigenvalue weighted by Crippen LogP contribution is -1.89. The molecule has 0 spiro atoms. The van der Waals surface area contributed by atoms with Crippen molar-refractivity contribution in [2.24, 2.45) is 0 Å². The van der Waals surface area contributed by atoms with Crippen LogP contribution in [0.25, 0.3) is 11.1 Å². The summed E-state index contributed by atoms with van der Waals surface area (Å²) in [6.45, 7) is 4.35. The van der Waals surface area contributed by atoms with Crippen LogP contribution in [0.1, 0.15) is 35.8 Å². The molecule has 0 bridgehead atoms. The molecule has 0 aliphatic carbocycles. The van der Waals surface area contributed by atoms with Crippen molar-refractivity contribution in [2.75, 3.05) is 0 Å². The molecule has 2 nitrogen and oxygen atoms in total. The highest BCUT2D eigenvalue weighted by molar-refractivity contribution is 5.73. The number of carbonyl (C=O) groups excluding carboxylic acids is 1. The minimum atomic E-state index is 0.466. The van der Waals surface area contributed by atoms with Crippen molar-refractivity contribution in [3.8, 4) is 11.1 Å². The number of rotatable bonds is 3. The van der Waals surface area contributed by atoms with Gasteiger partial charge >= 0.3 is 0 Å². The van der Waals surface area contributed by atoms with E-state index in [4.69, 9.17) is 0 Å². The van der Waals surface area contributed by atoms with Gasteiger partial charge in [0.1, 0.15) is 5.69 Å². The molecule has 0 aliphatic heterocycles. The van der Waals surface area contributed by atoms with E-state index in [2.05, 4.69) is 43.1 Å². The molecule has 17 heavy (non-hydrogen) atoms. The standard InChI is InChI=1S/C15H15NO/c1-11(2)12-4-3-5-13(8-12)14-6-7-15(10-17)16-9-14/h3-11H,1-2H3. The van der Waals surface area contributed by atoms with E-state index in [-0.39, 0.29) is 0 Å². The van der Waals surface area contributed by atoms with E-state index in [1.54, 1.807) is 12.3 Å². The Morgan fingerprint density at radius 1 is 1.12 bits per heavy atom. The first-order chi connectivity index (χ1) is 8.20. The third-order valence-electron chi connectivity index (χ3n) is 2.79. The molecular formula is C15H15NO. The summed E-state index contributed by atoms with van der Waals surface area (Å²) in [7, 11) is 0. The predicted octanol–water partition coefficient (Wildman–Crippen LogP) is 3.68. The molecule has 2 aromatic rings. The third kappa shape index (κ3) is 2.59. The highest BCUT2D eigenvalue weighted by Crippen LogP contribution is 2.23. The monoisotopic (exact) mass is 225 g/mol. The number of benzene rings is 1. The minimum absolute atomic E-state index is 0.466. The van der Waals surface area contributed by atoms with Crippen LogP contribution >= 0.6 is 0 Å². The average molecular weight is 225 g/mol. The Kier molecular flexibility index (Phi) is 3.33. The molecule has 2 heteroatoms. The number of nitrogens with zero attached hydrogens (tertiary/aromatic N) is 1. The minimum Gasteiger partial charge on any atom is -0.296 e. The van der Waals surface area contributed by atoms with E-state index < -0.39 is 0 Å². The quantitative estimate of drug-likeness (QED) is 0.746. The van der Waals surface area contributed by atoms with E-state index in [0.29, 0.717) is 11.6 Å². The molecule has 1 aromatic heterocycles. The van der Waals surface area contributed by atoms with Crippen LogP contribution in [-0.4, -0.2) is 11.3 Å². The second-order valence-corrected chi connectivity index (χ2v) is 4.37. The van der Waals surface area contributed by atoms with Crippen molar-refractivity contribution in [3.63, 3.8) is 0 Å². The van der Waals surface area contributed by atoms with Crippen LogP contribution in [0.5, 0.6) is 0 Å². The Morgan fingerprint density at radius 3 is 2.53 bits per heavy atom. The fraction of sp³-hybridized carbons (Fsp3) is 0.200. The zero-order valence-electron chi connectivity index (χ0n) is 10.1. The summed E-state index contributed by atoms with van der Waals surface area (Å²) >= 11 is 0. The molecule has 1 aromatic carbocycles. The predicted molar refractivity (Wildman–Crippen MR) is 69.1 cm³/mol. The second kappa shape index (κ2) is 4.91. The smallest absolute Gasteiger partial charge is 0.168 e. The van der Waals surface area contributed by atoms with Crippen molar-refractivity contribution >= 4 is 6.29 Å². The number of pyridine rings is 1. The zero-order valence-corrected chi connectivity index (χ0v) is 10.1. The summed E-state index contributed by atoms with van der Waals surface area (Å²) in [6.07, 6.45) is 2.50.